The normalized spacial score (nSPS) is 11.4. The van der Waals surface area contributed by atoms with Crippen LogP contribution in [-0.2, 0) is 0 Å². The third kappa shape index (κ3) is 3.16. The second kappa shape index (κ2) is 6.49. The molecular formula is C19H16N4OS. The average Bonchev–Trinajstić information content (AvgIpc) is 3.20. The van der Waals surface area contributed by atoms with Crippen molar-refractivity contribution in [2.45, 2.75) is 6.92 Å². The van der Waals surface area contributed by atoms with Crippen LogP contribution >= 0.6 is 11.3 Å². The lowest BCUT2D eigenvalue weighted by Crippen LogP contribution is -1.91. The molecular weight excluding hydrogens is 332 g/mol. The van der Waals surface area contributed by atoms with Gasteiger partial charge in [-0.3, -0.25) is 0 Å². The number of methoxy groups -OCH3 is 1. The number of ether oxygens (including phenoxy) is 1. The van der Waals surface area contributed by atoms with Crippen LogP contribution in [0.1, 0.15) is 16.1 Å². The van der Waals surface area contributed by atoms with Crippen molar-refractivity contribution in [2.75, 3.05) is 7.11 Å². The van der Waals surface area contributed by atoms with E-state index in [1.807, 2.05) is 30.3 Å². The highest BCUT2D eigenvalue weighted by Crippen LogP contribution is 2.24. The molecule has 4 aromatic rings. The Morgan fingerprint density at radius 3 is 2.64 bits per heavy atom. The number of nitrogens with zero attached hydrogens (tertiary/aromatic N) is 4. The molecule has 0 saturated heterocycles. The first-order valence-corrected chi connectivity index (χ1v) is 8.66. The third-order valence-electron chi connectivity index (χ3n) is 3.82. The Balaban J connectivity index is 1.65. The first kappa shape index (κ1) is 15.5. The lowest BCUT2D eigenvalue weighted by Gasteiger charge is -2.00. The second-order valence-electron chi connectivity index (χ2n) is 5.63. The molecule has 0 bridgehead atoms. The summed E-state index contributed by atoms with van der Waals surface area (Å²) < 4.78 is 6.98. The molecule has 0 aliphatic rings. The van der Waals surface area contributed by atoms with Crippen molar-refractivity contribution in [1.29, 1.82) is 0 Å². The maximum absolute atomic E-state index is 5.19. The van der Waals surface area contributed by atoms with Crippen molar-refractivity contribution in [3.63, 3.8) is 0 Å². The van der Waals surface area contributed by atoms with Gasteiger partial charge in [0, 0.05) is 5.56 Å². The molecule has 0 aliphatic heterocycles. The second-order valence-corrected chi connectivity index (χ2v) is 6.62. The molecule has 0 N–H and O–H groups in total. The Morgan fingerprint density at radius 2 is 1.88 bits per heavy atom. The van der Waals surface area contributed by atoms with Crippen molar-refractivity contribution in [2.24, 2.45) is 0 Å². The molecule has 2 aromatic carbocycles. The molecule has 25 heavy (non-hydrogen) atoms. The topological polar surface area (TPSA) is 52.3 Å². The standard InChI is InChI=1S/C19H16N4OS/c1-13-4-3-5-14(12-13)6-11-17-22-23-18(20-21-19(23)25-17)15-7-9-16(24-2)10-8-15/h3-12H,1-2H3/b11-6+. The van der Waals surface area contributed by atoms with Gasteiger partial charge in [-0.15, -0.1) is 10.2 Å². The maximum Gasteiger partial charge on any atom is 0.235 e. The van der Waals surface area contributed by atoms with Gasteiger partial charge in [-0.25, -0.2) is 0 Å². The molecule has 4 rings (SSSR count). The summed E-state index contributed by atoms with van der Waals surface area (Å²) in [7, 11) is 1.65. The minimum atomic E-state index is 0.726. The summed E-state index contributed by atoms with van der Waals surface area (Å²) in [6, 6.07) is 16.1. The Hall–Kier alpha value is -2.99. The van der Waals surface area contributed by atoms with E-state index in [0.717, 1.165) is 32.7 Å². The minimum Gasteiger partial charge on any atom is -0.497 e. The Morgan fingerprint density at radius 1 is 1.04 bits per heavy atom. The summed E-state index contributed by atoms with van der Waals surface area (Å²) in [5, 5.41) is 14.0. The number of aryl methyl sites for hydroxylation is 1. The van der Waals surface area contributed by atoms with Crippen molar-refractivity contribution >= 4 is 28.4 Å². The lowest BCUT2D eigenvalue weighted by atomic mass is 10.1. The smallest absolute Gasteiger partial charge is 0.235 e. The number of hydrogen-bond donors (Lipinski definition) is 0. The van der Waals surface area contributed by atoms with Gasteiger partial charge in [-0.1, -0.05) is 47.2 Å². The Bertz CT molecular complexity index is 1050. The van der Waals surface area contributed by atoms with Crippen LogP contribution in [-0.4, -0.2) is 26.9 Å². The Kier molecular flexibility index (Phi) is 4.03. The zero-order chi connectivity index (χ0) is 17.2. The van der Waals surface area contributed by atoms with Gasteiger partial charge in [0.2, 0.25) is 4.96 Å². The Labute approximate surface area is 149 Å². The number of rotatable bonds is 4. The molecule has 2 aromatic heterocycles. The van der Waals surface area contributed by atoms with E-state index in [1.54, 1.807) is 11.6 Å². The van der Waals surface area contributed by atoms with Crippen molar-refractivity contribution in [3.05, 3.63) is 64.7 Å². The van der Waals surface area contributed by atoms with Crippen LogP contribution in [0.4, 0.5) is 0 Å². The van der Waals surface area contributed by atoms with Gasteiger partial charge >= 0.3 is 0 Å². The van der Waals surface area contributed by atoms with E-state index in [4.69, 9.17) is 4.74 Å². The first-order valence-electron chi connectivity index (χ1n) is 7.84. The number of hydrogen-bond acceptors (Lipinski definition) is 5. The van der Waals surface area contributed by atoms with Gasteiger partial charge in [0.05, 0.1) is 7.11 Å². The molecule has 0 unspecified atom stereocenters. The molecule has 6 heteroatoms. The van der Waals surface area contributed by atoms with Crippen LogP contribution in [0.15, 0.2) is 48.5 Å². The predicted molar refractivity (Wildman–Crippen MR) is 101 cm³/mol. The lowest BCUT2D eigenvalue weighted by molar-refractivity contribution is 0.415. The number of aromatic nitrogens is 4. The predicted octanol–water partition coefficient (Wildman–Crippen LogP) is 4.34. The highest BCUT2D eigenvalue weighted by molar-refractivity contribution is 7.17. The van der Waals surface area contributed by atoms with Crippen LogP contribution in [0.5, 0.6) is 5.75 Å². The molecule has 0 aliphatic carbocycles. The molecule has 0 saturated carbocycles. The van der Waals surface area contributed by atoms with Crippen LogP contribution in [0.3, 0.4) is 0 Å². The van der Waals surface area contributed by atoms with E-state index >= 15 is 0 Å². The zero-order valence-electron chi connectivity index (χ0n) is 13.9. The SMILES string of the molecule is COc1ccc(-c2nnc3sc(/C=C/c4cccc(C)c4)nn23)cc1. The van der Waals surface area contributed by atoms with E-state index in [9.17, 15) is 0 Å². The maximum atomic E-state index is 5.19. The van der Waals surface area contributed by atoms with E-state index < -0.39 is 0 Å². The largest absolute Gasteiger partial charge is 0.497 e. The van der Waals surface area contributed by atoms with Crippen LogP contribution in [0.25, 0.3) is 28.5 Å². The summed E-state index contributed by atoms with van der Waals surface area (Å²) in [5.74, 6) is 1.54. The molecule has 0 fully saturated rings. The van der Waals surface area contributed by atoms with Crippen molar-refractivity contribution < 1.29 is 4.74 Å². The van der Waals surface area contributed by atoms with Crippen LogP contribution < -0.4 is 4.74 Å². The molecule has 0 atom stereocenters. The molecule has 124 valence electrons. The van der Waals surface area contributed by atoms with Crippen LogP contribution in [0, 0.1) is 6.92 Å². The molecule has 2 heterocycles. The highest BCUT2D eigenvalue weighted by Gasteiger charge is 2.12. The van der Waals surface area contributed by atoms with E-state index in [2.05, 4.69) is 52.6 Å². The fourth-order valence-corrected chi connectivity index (χ4v) is 3.30. The van der Waals surface area contributed by atoms with E-state index in [0.29, 0.717) is 0 Å². The minimum absolute atomic E-state index is 0.726. The summed E-state index contributed by atoms with van der Waals surface area (Å²) in [5.41, 5.74) is 3.34. The zero-order valence-corrected chi connectivity index (χ0v) is 14.7. The monoisotopic (exact) mass is 348 g/mol. The summed E-state index contributed by atoms with van der Waals surface area (Å²) in [6.07, 6.45) is 4.07. The van der Waals surface area contributed by atoms with Gasteiger partial charge in [0.25, 0.3) is 0 Å². The van der Waals surface area contributed by atoms with Gasteiger partial charge in [-0.2, -0.15) is 9.61 Å². The molecule has 5 nitrogen and oxygen atoms in total. The van der Waals surface area contributed by atoms with E-state index in [-0.39, 0.29) is 0 Å². The summed E-state index contributed by atoms with van der Waals surface area (Å²) >= 11 is 1.51. The molecule has 0 amide bonds. The van der Waals surface area contributed by atoms with Crippen molar-refractivity contribution in [3.8, 4) is 17.1 Å². The third-order valence-corrected chi connectivity index (χ3v) is 4.68. The molecule has 0 radical (unpaired) electrons. The molecule has 0 spiro atoms. The van der Waals surface area contributed by atoms with E-state index in [1.165, 1.54) is 16.9 Å². The van der Waals surface area contributed by atoms with Gasteiger partial charge in [-0.05, 0) is 42.8 Å². The van der Waals surface area contributed by atoms with Crippen molar-refractivity contribution in [1.82, 2.24) is 19.8 Å². The fourth-order valence-electron chi connectivity index (χ4n) is 2.56. The quantitative estimate of drug-likeness (QED) is 0.550. The number of fused-ring (bicyclic) bond motifs is 1. The number of benzene rings is 2. The first-order chi connectivity index (χ1) is 12.2. The van der Waals surface area contributed by atoms with Crippen LogP contribution in [0.2, 0.25) is 0 Å². The highest BCUT2D eigenvalue weighted by atomic mass is 32.1. The average molecular weight is 348 g/mol. The van der Waals surface area contributed by atoms with Gasteiger partial charge in [0.1, 0.15) is 10.8 Å². The van der Waals surface area contributed by atoms with Gasteiger partial charge in [0.15, 0.2) is 5.82 Å². The summed E-state index contributed by atoms with van der Waals surface area (Å²) in [4.78, 5) is 0.773. The summed E-state index contributed by atoms with van der Waals surface area (Å²) in [6.45, 7) is 2.08. The fraction of sp³-hybridized carbons (Fsp3) is 0.105. The van der Waals surface area contributed by atoms with Gasteiger partial charge < -0.3 is 4.74 Å².